The number of nitrogens with two attached hydrogens (primary N) is 1. The standard InChI is InChI=1S/C17H16N2O3/c18-14-9-13-8-10(1-3-15(13)19(21)17(14)20)11-2-4-16-12(7-11)5-6-22-16/h1-4,7-8,14,21H,5-6,9,18H2/t14-/m0/s1. The van der Waals surface area contributed by atoms with Gasteiger partial charge in [-0.05, 0) is 52.9 Å². The van der Waals surface area contributed by atoms with Gasteiger partial charge in [-0.1, -0.05) is 12.1 Å². The molecule has 3 N–H and O–H groups in total. The molecule has 0 saturated heterocycles. The molecule has 5 heteroatoms. The van der Waals surface area contributed by atoms with Crippen LogP contribution in [0.5, 0.6) is 5.75 Å². The highest BCUT2D eigenvalue weighted by molar-refractivity contribution is 5.98. The maximum atomic E-state index is 11.7. The summed E-state index contributed by atoms with van der Waals surface area (Å²) >= 11 is 0. The summed E-state index contributed by atoms with van der Waals surface area (Å²) in [7, 11) is 0. The summed E-state index contributed by atoms with van der Waals surface area (Å²) in [6, 6.07) is 11.1. The van der Waals surface area contributed by atoms with E-state index in [2.05, 4.69) is 6.07 Å². The predicted molar refractivity (Wildman–Crippen MR) is 82.0 cm³/mol. The van der Waals surface area contributed by atoms with Crippen LogP contribution in [0.4, 0.5) is 5.69 Å². The van der Waals surface area contributed by atoms with Crippen LogP contribution in [0.1, 0.15) is 11.1 Å². The van der Waals surface area contributed by atoms with Gasteiger partial charge in [0.25, 0.3) is 5.91 Å². The number of hydrogen-bond acceptors (Lipinski definition) is 4. The first-order valence-electron chi connectivity index (χ1n) is 7.31. The van der Waals surface area contributed by atoms with E-state index in [9.17, 15) is 10.0 Å². The predicted octanol–water partition coefficient (Wildman–Crippen LogP) is 1.89. The van der Waals surface area contributed by atoms with Crippen molar-refractivity contribution in [1.82, 2.24) is 0 Å². The highest BCUT2D eigenvalue weighted by atomic mass is 16.5. The van der Waals surface area contributed by atoms with E-state index in [0.29, 0.717) is 17.2 Å². The van der Waals surface area contributed by atoms with Crippen LogP contribution in [0, 0.1) is 0 Å². The smallest absolute Gasteiger partial charge is 0.267 e. The van der Waals surface area contributed by atoms with E-state index in [1.165, 1.54) is 5.56 Å². The highest BCUT2D eigenvalue weighted by Crippen LogP contribution is 2.34. The molecule has 2 aromatic carbocycles. The number of rotatable bonds is 1. The monoisotopic (exact) mass is 296 g/mol. The molecule has 0 aliphatic carbocycles. The van der Waals surface area contributed by atoms with Crippen molar-refractivity contribution >= 4 is 11.6 Å². The second kappa shape index (κ2) is 4.83. The van der Waals surface area contributed by atoms with E-state index < -0.39 is 11.9 Å². The molecule has 2 aromatic rings. The topological polar surface area (TPSA) is 75.8 Å². The van der Waals surface area contributed by atoms with Crippen molar-refractivity contribution in [2.75, 3.05) is 11.7 Å². The van der Waals surface area contributed by atoms with Crippen molar-refractivity contribution in [2.24, 2.45) is 5.73 Å². The van der Waals surface area contributed by atoms with Crippen molar-refractivity contribution in [2.45, 2.75) is 18.9 Å². The van der Waals surface area contributed by atoms with E-state index in [0.717, 1.165) is 35.5 Å². The molecule has 4 rings (SSSR count). The van der Waals surface area contributed by atoms with Gasteiger partial charge in [0.2, 0.25) is 0 Å². The first kappa shape index (κ1) is 13.3. The summed E-state index contributed by atoms with van der Waals surface area (Å²) in [5, 5.41) is 10.5. The minimum atomic E-state index is -0.693. The first-order chi connectivity index (χ1) is 10.6. The van der Waals surface area contributed by atoms with Gasteiger partial charge in [-0.3, -0.25) is 10.0 Å². The van der Waals surface area contributed by atoms with Crippen molar-refractivity contribution in [1.29, 1.82) is 0 Å². The van der Waals surface area contributed by atoms with Gasteiger partial charge in [0.15, 0.2) is 0 Å². The lowest BCUT2D eigenvalue weighted by atomic mass is 9.94. The fourth-order valence-corrected chi connectivity index (χ4v) is 3.10. The summed E-state index contributed by atoms with van der Waals surface area (Å²) in [5.41, 5.74) is 10.5. The Balaban J connectivity index is 1.76. The molecule has 1 amide bonds. The van der Waals surface area contributed by atoms with Crippen LogP contribution in [0.2, 0.25) is 0 Å². The molecule has 0 bridgehead atoms. The number of amides is 1. The van der Waals surface area contributed by atoms with Gasteiger partial charge in [0, 0.05) is 6.42 Å². The van der Waals surface area contributed by atoms with Gasteiger partial charge in [-0.2, -0.15) is 5.06 Å². The zero-order valence-electron chi connectivity index (χ0n) is 12.0. The van der Waals surface area contributed by atoms with Gasteiger partial charge in [-0.15, -0.1) is 0 Å². The molecule has 0 unspecified atom stereocenters. The number of ether oxygens (including phenoxy) is 1. The number of hydroxylamine groups is 1. The molecule has 0 radical (unpaired) electrons. The minimum Gasteiger partial charge on any atom is -0.493 e. The Hall–Kier alpha value is -2.37. The summed E-state index contributed by atoms with van der Waals surface area (Å²) in [5.74, 6) is 0.491. The zero-order valence-corrected chi connectivity index (χ0v) is 12.0. The molecule has 112 valence electrons. The van der Waals surface area contributed by atoms with Crippen LogP contribution in [0.3, 0.4) is 0 Å². The molecule has 2 aliphatic heterocycles. The number of carbonyl (C=O) groups is 1. The Kier molecular flexibility index (Phi) is 2.92. The summed E-state index contributed by atoms with van der Waals surface area (Å²) in [6.07, 6.45) is 1.37. The molecular formula is C17H16N2O3. The van der Waals surface area contributed by atoms with Crippen molar-refractivity contribution < 1.29 is 14.7 Å². The third-order valence-corrected chi connectivity index (χ3v) is 4.30. The highest BCUT2D eigenvalue weighted by Gasteiger charge is 2.29. The Morgan fingerprint density at radius 3 is 2.68 bits per heavy atom. The van der Waals surface area contributed by atoms with Crippen LogP contribution in [0.15, 0.2) is 36.4 Å². The lowest BCUT2D eigenvalue weighted by Crippen LogP contribution is -2.47. The van der Waals surface area contributed by atoms with E-state index in [1.807, 2.05) is 24.3 Å². The Morgan fingerprint density at radius 2 is 1.86 bits per heavy atom. The van der Waals surface area contributed by atoms with Crippen LogP contribution < -0.4 is 15.5 Å². The fraction of sp³-hybridized carbons (Fsp3) is 0.235. The largest absolute Gasteiger partial charge is 0.493 e. The molecule has 22 heavy (non-hydrogen) atoms. The number of benzene rings is 2. The maximum Gasteiger partial charge on any atom is 0.267 e. The fourth-order valence-electron chi connectivity index (χ4n) is 3.10. The average molecular weight is 296 g/mol. The molecule has 1 atom stereocenters. The molecule has 0 saturated carbocycles. The zero-order chi connectivity index (χ0) is 15.3. The van der Waals surface area contributed by atoms with E-state index in [1.54, 1.807) is 6.07 Å². The van der Waals surface area contributed by atoms with Crippen molar-refractivity contribution in [3.05, 3.63) is 47.5 Å². The first-order valence-corrected chi connectivity index (χ1v) is 7.31. The van der Waals surface area contributed by atoms with Gasteiger partial charge in [-0.25, -0.2) is 0 Å². The summed E-state index contributed by atoms with van der Waals surface area (Å²) in [6.45, 7) is 0.736. The molecule has 0 aromatic heterocycles. The normalized spacial score (nSPS) is 19.6. The Bertz CT molecular complexity index is 772. The van der Waals surface area contributed by atoms with Gasteiger partial charge >= 0.3 is 0 Å². The SMILES string of the molecule is N[C@H]1Cc2cc(-c3ccc4c(c3)CCO4)ccc2N(O)C1=O. The molecular weight excluding hydrogens is 280 g/mol. The summed E-state index contributed by atoms with van der Waals surface area (Å²) < 4.78 is 5.53. The minimum absolute atomic E-state index is 0.438. The maximum absolute atomic E-state index is 11.7. The van der Waals surface area contributed by atoms with Crippen LogP contribution in [-0.4, -0.2) is 23.8 Å². The molecule has 5 nitrogen and oxygen atoms in total. The number of carbonyl (C=O) groups excluding carboxylic acids is 1. The third-order valence-electron chi connectivity index (χ3n) is 4.30. The number of hydrogen-bond donors (Lipinski definition) is 2. The molecule has 2 heterocycles. The molecule has 0 fully saturated rings. The van der Waals surface area contributed by atoms with Gasteiger partial charge in [0.1, 0.15) is 5.75 Å². The van der Waals surface area contributed by atoms with E-state index >= 15 is 0 Å². The van der Waals surface area contributed by atoms with E-state index in [-0.39, 0.29) is 0 Å². The molecule has 0 spiro atoms. The van der Waals surface area contributed by atoms with Crippen LogP contribution in [0.25, 0.3) is 11.1 Å². The van der Waals surface area contributed by atoms with E-state index in [4.69, 9.17) is 10.5 Å². The van der Waals surface area contributed by atoms with Crippen LogP contribution >= 0.6 is 0 Å². The van der Waals surface area contributed by atoms with Crippen molar-refractivity contribution in [3.8, 4) is 16.9 Å². The van der Waals surface area contributed by atoms with Gasteiger partial charge in [0.05, 0.1) is 18.3 Å². The molecule has 2 aliphatic rings. The second-order valence-electron chi connectivity index (χ2n) is 5.73. The number of nitrogens with zero attached hydrogens (tertiary/aromatic N) is 1. The summed E-state index contributed by atoms with van der Waals surface area (Å²) in [4.78, 5) is 11.7. The van der Waals surface area contributed by atoms with Gasteiger partial charge < -0.3 is 10.5 Å². The van der Waals surface area contributed by atoms with Crippen LogP contribution in [-0.2, 0) is 17.6 Å². The quantitative estimate of drug-likeness (QED) is 0.788. The number of fused-ring (bicyclic) bond motifs is 2. The second-order valence-corrected chi connectivity index (χ2v) is 5.73. The lowest BCUT2D eigenvalue weighted by Gasteiger charge is -2.28. The third kappa shape index (κ3) is 1.98. The Morgan fingerprint density at radius 1 is 1.14 bits per heavy atom. The van der Waals surface area contributed by atoms with Crippen molar-refractivity contribution in [3.63, 3.8) is 0 Å². The number of anilines is 1. The Labute approximate surface area is 127 Å². The lowest BCUT2D eigenvalue weighted by molar-refractivity contribution is -0.125. The average Bonchev–Trinajstić information content (AvgIpc) is 2.99.